The molecule has 0 radical (unpaired) electrons. The molecule has 198 valence electrons. The molecule has 1 saturated heterocycles. The molecule has 5 rings (SSSR count). The van der Waals surface area contributed by atoms with Gasteiger partial charge in [-0.05, 0) is 37.1 Å². The minimum absolute atomic E-state index is 0.132. The molecule has 1 N–H and O–H groups in total. The van der Waals surface area contributed by atoms with Gasteiger partial charge in [-0.15, -0.1) is 0 Å². The number of aliphatic carboxylic acids is 1. The van der Waals surface area contributed by atoms with Crippen LogP contribution in [0.2, 0.25) is 0 Å². The maximum atomic E-state index is 13.2. The first-order valence-electron chi connectivity index (χ1n) is 11.0. The van der Waals surface area contributed by atoms with E-state index in [0.717, 1.165) is 51.9 Å². The van der Waals surface area contributed by atoms with Crippen LogP contribution in [-0.2, 0) is 14.8 Å². The fourth-order valence-corrected chi connectivity index (χ4v) is 6.33. The predicted octanol–water partition coefficient (Wildman–Crippen LogP) is 3.16. The van der Waals surface area contributed by atoms with Gasteiger partial charge in [0.1, 0.15) is 17.6 Å². The van der Waals surface area contributed by atoms with E-state index >= 15 is 0 Å². The number of alkyl halides is 4. The van der Waals surface area contributed by atoms with E-state index in [4.69, 9.17) is 0 Å². The van der Waals surface area contributed by atoms with Crippen molar-refractivity contribution in [2.45, 2.75) is 42.2 Å². The van der Waals surface area contributed by atoms with Gasteiger partial charge in [0.25, 0.3) is 0 Å². The quantitative estimate of drug-likeness (QED) is 0.413. The largest absolute Gasteiger partial charge is 0.480 e. The number of fused-ring (bicyclic) bond motifs is 1. The van der Waals surface area contributed by atoms with Crippen LogP contribution >= 0.6 is 11.3 Å². The van der Waals surface area contributed by atoms with E-state index < -0.39 is 45.2 Å². The van der Waals surface area contributed by atoms with Crippen LogP contribution in [0.5, 0.6) is 5.75 Å². The number of piperazine rings is 1. The van der Waals surface area contributed by atoms with Crippen LogP contribution in [-0.4, -0.2) is 77.0 Å². The number of carboxylic acid groups (broad SMARTS) is 1. The van der Waals surface area contributed by atoms with Gasteiger partial charge < -0.3 is 14.7 Å². The molecule has 1 aromatic carbocycles. The van der Waals surface area contributed by atoms with Crippen LogP contribution in [0.3, 0.4) is 0 Å². The van der Waals surface area contributed by atoms with Crippen molar-refractivity contribution in [1.82, 2.24) is 19.3 Å². The molecule has 2 aliphatic rings. The molecule has 10 nitrogen and oxygen atoms in total. The number of carboxylic acids is 1. The summed E-state index contributed by atoms with van der Waals surface area (Å²) in [5.74, 6) is -1.01. The van der Waals surface area contributed by atoms with Gasteiger partial charge in [0.15, 0.2) is 10.8 Å². The summed E-state index contributed by atoms with van der Waals surface area (Å²) in [6.07, 6.45) is -5.10. The number of carbonyl (C=O) groups is 1. The van der Waals surface area contributed by atoms with E-state index in [2.05, 4.69) is 19.7 Å². The number of anilines is 1. The minimum atomic E-state index is -4.75. The predicted molar refractivity (Wildman–Crippen MR) is 123 cm³/mol. The van der Waals surface area contributed by atoms with Gasteiger partial charge in [0.2, 0.25) is 10.0 Å². The van der Waals surface area contributed by atoms with Crippen LogP contribution in [0.1, 0.15) is 24.6 Å². The Kier molecular flexibility index (Phi) is 6.44. The fraction of sp³-hybridized carbons (Fsp3) is 0.429. The summed E-state index contributed by atoms with van der Waals surface area (Å²) in [4.78, 5) is 26.6. The third-order valence-corrected chi connectivity index (χ3v) is 8.89. The van der Waals surface area contributed by atoms with Gasteiger partial charge in [0.05, 0.1) is 15.8 Å². The highest BCUT2D eigenvalue weighted by molar-refractivity contribution is 7.89. The lowest BCUT2D eigenvalue weighted by atomic mass is 10.2. The van der Waals surface area contributed by atoms with Crippen molar-refractivity contribution in [2.75, 3.05) is 24.5 Å². The van der Waals surface area contributed by atoms with Crippen LogP contribution in [0, 0.1) is 0 Å². The second kappa shape index (κ2) is 9.33. The van der Waals surface area contributed by atoms with Crippen molar-refractivity contribution in [2.24, 2.45) is 0 Å². The highest BCUT2D eigenvalue weighted by atomic mass is 32.2. The second-order valence-electron chi connectivity index (χ2n) is 8.54. The van der Waals surface area contributed by atoms with Gasteiger partial charge in [-0.1, -0.05) is 11.3 Å². The number of aromatic nitrogens is 3. The fourth-order valence-electron chi connectivity index (χ4n) is 3.86. The molecule has 0 bridgehead atoms. The molecule has 1 saturated carbocycles. The van der Waals surface area contributed by atoms with E-state index in [1.165, 1.54) is 11.3 Å². The molecule has 37 heavy (non-hydrogen) atoms. The molecule has 3 aromatic rings. The van der Waals surface area contributed by atoms with Crippen LogP contribution in [0.4, 0.5) is 22.7 Å². The number of hydrogen-bond acceptors (Lipinski definition) is 9. The standard InChI is InChI=1S/C21H19F4N5O5S2/c22-19(23)21(24,25)35-12-3-5-13(6-4-12)37(33,34)30-8-7-29(10-14(30)18(31)32)20-28-17-15(36-20)9-26-16(27-17)11-1-2-11/h3-6,9,11,14,19H,1-2,7-8,10H2,(H,31,32)/t14-/m1/s1. The zero-order valence-corrected chi connectivity index (χ0v) is 20.4. The lowest BCUT2D eigenvalue weighted by Gasteiger charge is -2.38. The average molecular weight is 562 g/mol. The van der Waals surface area contributed by atoms with Crippen molar-refractivity contribution in [3.63, 3.8) is 0 Å². The summed E-state index contributed by atoms with van der Waals surface area (Å²) in [7, 11) is -4.38. The first kappa shape index (κ1) is 25.5. The van der Waals surface area contributed by atoms with E-state index in [9.17, 15) is 35.9 Å². The number of nitrogens with zero attached hydrogens (tertiary/aromatic N) is 5. The SMILES string of the molecule is O=C(O)[C@H]1CN(c2nc3nc(C4CC4)ncc3s2)CCN1S(=O)(=O)c1ccc(OC(F)(F)C(F)F)cc1. The highest BCUT2D eigenvalue weighted by Gasteiger charge is 2.44. The molecule has 1 atom stereocenters. The normalized spacial score (nSPS) is 19.5. The maximum Gasteiger partial charge on any atom is 0.461 e. The Morgan fingerprint density at radius 2 is 1.86 bits per heavy atom. The molecule has 1 aliphatic carbocycles. The molecule has 0 spiro atoms. The third kappa shape index (κ3) is 5.04. The number of hydrogen-bond donors (Lipinski definition) is 1. The smallest absolute Gasteiger partial charge is 0.461 e. The first-order chi connectivity index (χ1) is 17.5. The van der Waals surface area contributed by atoms with E-state index in [1.807, 2.05) is 0 Å². The van der Waals surface area contributed by atoms with E-state index in [0.29, 0.717) is 16.7 Å². The summed E-state index contributed by atoms with van der Waals surface area (Å²) >= 11 is 1.27. The Bertz CT molecular complexity index is 1430. The molecule has 2 aromatic heterocycles. The zero-order chi connectivity index (χ0) is 26.5. The topological polar surface area (TPSA) is 126 Å². The van der Waals surface area contributed by atoms with Crippen molar-refractivity contribution in [1.29, 1.82) is 0 Å². The summed E-state index contributed by atoms with van der Waals surface area (Å²) in [6.45, 7) is -0.261. The number of sulfonamides is 1. The highest BCUT2D eigenvalue weighted by Crippen LogP contribution is 2.39. The van der Waals surface area contributed by atoms with Crippen LogP contribution in [0.25, 0.3) is 10.3 Å². The number of halogens is 4. The van der Waals surface area contributed by atoms with Crippen LogP contribution in [0.15, 0.2) is 35.4 Å². The number of ether oxygens (including phenoxy) is 1. The van der Waals surface area contributed by atoms with Gasteiger partial charge >= 0.3 is 18.5 Å². The van der Waals surface area contributed by atoms with Crippen molar-refractivity contribution in [3.05, 3.63) is 36.3 Å². The van der Waals surface area contributed by atoms with Gasteiger partial charge in [-0.2, -0.15) is 26.9 Å². The zero-order valence-electron chi connectivity index (χ0n) is 18.8. The van der Waals surface area contributed by atoms with E-state index in [-0.39, 0.29) is 19.6 Å². The molecule has 0 unspecified atom stereocenters. The number of rotatable bonds is 8. The Morgan fingerprint density at radius 3 is 2.49 bits per heavy atom. The van der Waals surface area contributed by atoms with Crippen molar-refractivity contribution in [3.8, 4) is 5.75 Å². The summed E-state index contributed by atoms with van der Waals surface area (Å²) in [5, 5.41) is 10.3. The Balaban J connectivity index is 1.34. The molecular weight excluding hydrogens is 542 g/mol. The maximum absolute atomic E-state index is 13.2. The number of thiazole rings is 1. The molecule has 0 amide bonds. The van der Waals surface area contributed by atoms with E-state index in [1.54, 1.807) is 11.1 Å². The molecule has 2 fully saturated rings. The molecular formula is C21H19F4N5O5S2. The number of benzene rings is 1. The Labute approximate surface area is 211 Å². The summed E-state index contributed by atoms with van der Waals surface area (Å²) in [6, 6.07) is 1.90. The average Bonchev–Trinajstić information content (AvgIpc) is 3.62. The van der Waals surface area contributed by atoms with Gasteiger partial charge in [0, 0.05) is 25.6 Å². The first-order valence-corrected chi connectivity index (χ1v) is 13.3. The van der Waals surface area contributed by atoms with Gasteiger partial charge in [-0.25, -0.2) is 18.4 Å². The minimum Gasteiger partial charge on any atom is -0.480 e. The Hall–Kier alpha value is -3.11. The van der Waals surface area contributed by atoms with Gasteiger partial charge in [-0.3, -0.25) is 4.79 Å². The summed E-state index contributed by atoms with van der Waals surface area (Å²) < 4.78 is 82.8. The van der Waals surface area contributed by atoms with Crippen LogP contribution < -0.4 is 9.64 Å². The molecule has 1 aliphatic heterocycles. The third-order valence-electron chi connectivity index (χ3n) is 5.93. The Morgan fingerprint density at radius 1 is 1.16 bits per heavy atom. The second-order valence-corrected chi connectivity index (χ2v) is 11.4. The lowest BCUT2D eigenvalue weighted by molar-refractivity contribution is -0.253. The lowest BCUT2D eigenvalue weighted by Crippen LogP contribution is -2.58. The molecule has 16 heteroatoms. The van der Waals surface area contributed by atoms with Crippen molar-refractivity contribution >= 4 is 42.8 Å². The molecule has 3 heterocycles. The summed E-state index contributed by atoms with van der Waals surface area (Å²) in [5.41, 5.74) is 0.499. The van der Waals surface area contributed by atoms with Crippen molar-refractivity contribution < 1.29 is 40.6 Å². The monoisotopic (exact) mass is 561 g/mol.